The van der Waals surface area contributed by atoms with Gasteiger partial charge in [0.15, 0.2) is 6.61 Å². The lowest BCUT2D eigenvalue weighted by Gasteiger charge is -2.07. The molecule has 0 aliphatic carbocycles. The van der Waals surface area contributed by atoms with E-state index >= 15 is 0 Å². The summed E-state index contributed by atoms with van der Waals surface area (Å²) in [5.74, 6) is 0.634. The second-order valence-corrected chi connectivity index (χ2v) is 3.74. The fourth-order valence-electron chi connectivity index (χ4n) is 1.41. The Labute approximate surface area is 110 Å². The van der Waals surface area contributed by atoms with Gasteiger partial charge in [0, 0.05) is 13.1 Å². The summed E-state index contributed by atoms with van der Waals surface area (Å²) < 4.78 is 33.5. The highest BCUT2D eigenvalue weighted by Crippen LogP contribution is 2.12. The summed E-state index contributed by atoms with van der Waals surface area (Å²) in [6.45, 7) is 0.810. The normalized spacial score (nSPS) is 10.4. The van der Waals surface area contributed by atoms with Crippen molar-refractivity contribution < 1.29 is 18.3 Å². The minimum absolute atomic E-state index is 0.0123. The van der Waals surface area contributed by atoms with E-state index in [1.807, 2.05) is 24.3 Å². The molecule has 0 fully saturated rings. The predicted octanol–water partition coefficient (Wildman–Crippen LogP) is 1.96. The highest BCUT2D eigenvalue weighted by Gasteiger charge is 2.01. The van der Waals surface area contributed by atoms with E-state index in [2.05, 4.69) is 5.32 Å². The van der Waals surface area contributed by atoms with Crippen molar-refractivity contribution in [3.05, 3.63) is 29.8 Å². The quantitative estimate of drug-likeness (QED) is 0.697. The molecule has 1 aromatic rings. The standard InChI is InChI=1S/C13H16F2N2O2/c14-13(15)10-18-7-5-17-9-11-2-1-3-12(8-11)19-6-4-16/h1-3,8,13,17H,5-7,9-10H2. The molecule has 0 saturated heterocycles. The third-order valence-corrected chi connectivity index (χ3v) is 2.20. The zero-order valence-electron chi connectivity index (χ0n) is 10.4. The maximum Gasteiger partial charge on any atom is 0.261 e. The Morgan fingerprint density at radius 2 is 2.21 bits per heavy atom. The van der Waals surface area contributed by atoms with Crippen molar-refractivity contribution in [3.8, 4) is 11.8 Å². The first-order valence-electron chi connectivity index (χ1n) is 5.87. The van der Waals surface area contributed by atoms with Crippen molar-refractivity contribution in [2.75, 3.05) is 26.4 Å². The van der Waals surface area contributed by atoms with Crippen LogP contribution in [-0.2, 0) is 11.3 Å². The molecule has 104 valence electrons. The maximum atomic E-state index is 11.8. The van der Waals surface area contributed by atoms with Crippen LogP contribution in [0.5, 0.6) is 5.75 Å². The summed E-state index contributed by atoms with van der Waals surface area (Å²) in [6, 6.07) is 9.23. The molecule has 1 N–H and O–H groups in total. The highest BCUT2D eigenvalue weighted by atomic mass is 19.3. The van der Waals surface area contributed by atoms with Crippen molar-refractivity contribution in [3.63, 3.8) is 0 Å². The van der Waals surface area contributed by atoms with Gasteiger partial charge < -0.3 is 14.8 Å². The predicted molar refractivity (Wildman–Crippen MR) is 66.1 cm³/mol. The maximum absolute atomic E-state index is 11.8. The third kappa shape index (κ3) is 7.34. The van der Waals surface area contributed by atoms with Crippen LogP contribution in [0.4, 0.5) is 8.78 Å². The van der Waals surface area contributed by atoms with Crippen molar-refractivity contribution in [2.45, 2.75) is 13.0 Å². The van der Waals surface area contributed by atoms with Crippen molar-refractivity contribution >= 4 is 0 Å². The molecule has 0 radical (unpaired) electrons. The van der Waals surface area contributed by atoms with E-state index in [-0.39, 0.29) is 13.2 Å². The number of hydrogen-bond donors (Lipinski definition) is 1. The SMILES string of the molecule is N#CCOc1cccc(CNCCOCC(F)F)c1. The van der Waals surface area contributed by atoms with Crippen LogP contribution >= 0.6 is 0 Å². The average molecular weight is 270 g/mol. The van der Waals surface area contributed by atoms with Crippen LogP contribution in [0.15, 0.2) is 24.3 Å². The van der Waals surface area contributed by atoms with E-state index in [0.717, 1.165) is 5.56 Å². The number of nitriles is 1. The largest absolute Gasteiger partial charge is 0.479 e. The molecule has 0 spiro atoms. The number of nitrogens with one attached hydrogen (secondary N) is 1. The van der Waals surface area contributed by atoms with Gasteiger partial charge in [0.2, 0.25) is 0 Å². The summed E-state index contributed by atoms with van der Waals surface area (Å²) in [4.78, 5) is 0. The van der Waals surface area contributed by atoms with Gasteiger partial charge in [-0.3, -0.25) is 0 Å². The first-order valence-corrected chi connectivity index (χ1v) is 5.87. The van der Waals surface area contributed by atoms with Crippen LogP contribution in [0.25, 0.3) is 0 Å². The Kier molecular flexibility index (Phi) is 7.47. The molecule has 6 heteroatoms. The summed E-state index contributed by atoms with van der Waals surface area (Å²) in [6.07, 6.45) is -2.42. The molecule has 4 nitrogen and oxygen atoms in total. The average Bonchev–Trinajstić information content (AvgIpc) is 2.40. The number of nitrogens with zero attached hydrogens (tertiary/aromatic N) is 1. The first-order chi connectivity index (χ1) is 9.22. The van der Waals surface area contributed by atoms with Crippen molar-refractivity contribution in [1.29, 1.82) is 5.26 Å². The Hall–Kier alpha value is -1.71. The Bertz CT molecular complexity index is 408. The van der Waals surface area contributed by atoms with Crippen molar-refractivity contribution in [2.24, 2.45) is 0 Å². The molecular formula is C13H16F2N2O2. The Morgan fingerprint density at radius 1 is 1.37 bits per heavy atom. The van der Waals surface area contributed by atoms with E-state index in [4.69, 9.17) is 14.7 Å². The van der Waals surface area contributed by atoms with Gasteiger partial charge in [-0.1, -0.05) is 12.1 Å². The van der Waals surface area contributed by atoms with E-state index in [9.17, 15) is 8.78 Å². The second kappa shape index (κ2) is 9.25. The summed E-state index contributed by atoms with van der Waals surface area (Å²) in [5, 5.41) is 11.5. The number of hydrogen-bond acceptors (Lipinski definition) is 4. The lowest BCUT2D eigenvalue weighted by atomic mass is 10.2. The molecule has 0 atom stereocenters. The molecule has 0 aromatic heterocycles. The number of halogens is 2. The van der Waals surface area contributed by atoms with Crippen LogP contribution in [0.2, 0.25) is 0 Å². The summed E-state index contributed by atoms with van der Waals surface area (Å²) >= 11 is 0. The van der Waals surface area contributed by atoms with E-state index in [1.54, 1.807) is 6.07 Å². The van der Waals surface area contributed by atoms with Gasteiger partial charge in [-0.05, 0) is 17.7 Å². The molecule has 0 saturated carbocycles. The summed E-state index contributed by atoms with van der Waals surface area (Å²) in [7, 11) is 0. The van der Waals surface area contributed by atoms with Gasteiger partial charge in [0.1, 0.15) is 18.4 Å². The smallest absolute Gasteiger partial charge is 0.261 e. The number of ether oxygens (including phenoxy) is 2. The minimum atomic E-state index is -2.42. The fourth-order valence-corrected chi connectivity index (χ4v) is 1.41. The monoisotopic (exact) mass is 270 g/mol. The third-order valence-electron chi connectivity index (χ3n) is 2.20. The van der Waals surface area contributed by atoms with Crippen LogP contribution in [0, 0.1) is 11.3 Å². The van der Waals surface area contributed by atoms with Gasteiger partial charge in [0.25, 0.3) is 6.43 Å². The number of alkyl halides is 2. The van der Waals surface area contributed by atoms with Gasteiger partial charge in [-0.25, -0.2) is 8.78 Å². The van der Waals surface area contributed by atoms with Gasteiger partial charge in [-0.2, -0.15) is 5.26 Å². The molecule has 1 rings (SSSR count). The van der Waals surface area contributed by atoms with E-state index in [1.165, 1.54) is 0 Å². The number of benzene rings is 1. The molecule has 0 heterocycles. The Morgan fingerprint density at radius 3 is 2.95 bits per heavy atom. The summed E-state index contributed by atoms with van der Waals surface area (Å²) in [5.41, 5.74) is 0.990. The minimum Gasteiger partial charge on any atom is -0.479 e. The van der Waals surface area contributed by atoms with Gasteiger partial charge in [-0.15, -0.1) is 0 Å². The zero-order chi connectivity index (χ0) is 13.9. The number of rotatable bonds is 9. The van der Waals surface area contributed by atoms with Crippen molar-refractivity contribution in [1.82, 2.24) is 5.32 Å². The lowest BCUT2D eigenvalue weighted by molar-refractivity contribution is 0.0187. The molecule has 0 amide bonds. The highest BCUT2D eigenvalue weighted by molar-refractivity contribution is 5.28. The molecule has 0 unspecified atom stereocenters. The molecule has 0 bridgehead atoms. The van der Waals surface area contributed by atoms with E-state index < -0.39 is 13.0 Å². The second-order valence-electron chi connectivity index (χ2n) is 3.74. The van der Waals surface area contributed by atoms with Crippen LogP contribution in [-0.4, -0.2) is 32.8 Å². The van der Waals surface area contributed by atoms with Gasteiger partial charge in [0.05, 0.1) is 6.61 Å². The van der Waals surface area contributed by atoms with Crippen LogP contribution in [0.1, 0.15) is 5.56 Å². The van der Waals surface area contributed by atoms with Crippen LogP contribution < -0.4 is 10.1 Å². The topological polar surface area (TPSA) is 54.3 Å². The zero-order valence-corrected chi connectivity index (χ0v) is 10.4. The molecule has 0 aliphatic heterocycles. The fraction of sp³-hybridized carbons (Fsp3) is 0.462. The first kappa shape index (κ1) is 15.3. The lowest BCUT2D eigenvalue weighted by Crippen LogP contribution is -2.20. The Balaban J connectivity index is 2.20. The molecule has 0 aliphatic rings. The molecular weight excluding hydrogens is 254 g/mol. The van der Waals surface area contributed by atoms with Gasteiger partial charge >= 0.3 is 0 Å². The molecule has 1 aromatic carbocycles. The molecule has 19 heavy (non-hydrogen) atoms. The van der Waals surface area contributed by atoms with E-state index in [0.29, 0.717) is 18.8 Å². The van der Waals surface area contributed by atoms with Crippen LogP contribution in [0.3, 0.4) is 0 Å².